The van der Waals surface area contributed by atoms with Crippen molar-refractivity contribution in [1.82, 2.24) is 0 Å². The molecule has 0 fully saturated rings. The molecule has 0 saturated heterocycles. The third-order valence-corrected chi connectivity index (χ3v) is 6.35. The molecule has 0 spiro atoms. The minimum atomic E-state index is -4.27. The second-order valence-electron chi connectivity index (χ2n) is 7.58. The van der Waals surface area contributed by atoms with E-state index in [0.717, 1.165) is 16.1 Å². The maximum Gasteiger partial charge on any atom is 0.212 e. The van der Waals surface area contributed by atoms with Gasteiger partial charge in [0, 0.05) is 30.3 Å². The Balaban J connectivity index is 0.000000235. The third-order valence-electron chi connectivity index (χ3n) is 5.12. The van der Waals surface area contributed by atoms with E-state index >= 15 is 0 Å². The highest BCUT2D eigenvalue weighted by Crippen LogP contribution is 2.23. The first-order chi connectivity index (χ1) is 15.7. The number of benzene rings is 3. The van der Waals surface area contributed by atoms with E-state index < -0.39 is 10.1 Å². The normalized spacial score (nSPS) is 11.3. The van der Waals surface area contributed by atoms with Crippen LogP contribution in [0.4, 0.5) is 5.69 Å². The van der Waals surface area contributed by atoms with Crippen LogP contribution in [0.1, 0.15) is 11.1 Å². The summed E-state index contributed by atoms with van der Waals surface area (Å²) in [5, 5.41) is 1.25. The first kappa shape index (κ1) is 24.5. The third kappa shape index (κ3) is 6.44. The number of hydrogen-bond acceptors (Lipinski definition) is 5. The minimum Gasteiger partial charge on any atom is -0.744 e. The summed E-state index contributed by atoms with van der Waals surface area (Å²) in [5.41, 5.74) is 4.45. The second-order valence-corrected chi connectivity index (χ2v) is 9.44. The number of aromatic nitrogens is 1. The van der Waals surface area contributed by atoms with Gasteiger partial charge in [0.05, 0.1) is 16.0 Å². The molecular formula is C26H26N2O3S2. The van der Waals surface area contributed by atoms with E-state index in [1.807, 2.05) is 32.2 Å². The van der Waals surface area contributed by atoms with Crippen LogP contribution in [0.5, 0.6) is 0 Å². The van der Waals surface area contributed by atoms with Crippen molar-refractivity contribution < 1.29 is 17.5 Å². The van der Waals surface area contributed by atoms with Crippen LogP contribution < -0.4 is 9.47 Å². The molecule has 0 aliphatic carbocycles. The zero-order valence-electron chi connectivity index (χ0n) is 18.7. The van der Waals surface area contributed by atoms with Crippen molar-refractivity contribution in [2.75, 3.05) is 11.9 Å². The van der Waals surface area contributed by atoms with Crippen LogP contribution >= 0.6 is 12.6 Å². The van der Waals surface area contributed by atoms with Gasteiger partial charge in [0.25, 0.3) is 0 Å². The molecule has 4 aromatic rings. The molecule has 0 amide bonds. The van der Waals surface area contributed by atoms with Crippen molar-refractivity contribution in [3.8, 4) is 0 Å². The van der Waals surface area contributed by atoms with E-state index in [9.17, 15) is 13.0 Å². The zero-order chi connectivity index (χ0) is 24.0. The van der Waals surface area contributed by atoms with Crippen LogP contribution in [0.2, 0.25) is 0 Å². The van der Waals surface area contributed by atoms with Gasteiger partial charge in [-0.25, -0.2) is 13.0 Å². The quantitative estimate of drug-likeness (QED) is 0.256. The highest BCUT2D eigenvalue weighted by molar-refractivity contribution is 7.85. The van der Waals surface area contributed by atoms with Gasteiger partial charge in [-0.05, 0) is 48.9 Å². The SMILES string of the molecule is CN(/C=C/c1cc[n+](C)c2ccccc12)c1ccccc1S.Cc1ccc(S(=O)(=O)[O-])cc1. The average molecular weight is 479 g/mol. The predicted octanol–water partition coefficient (Wildman–Crippen LogP) is 4.96. The van der Waals surface area contributed by atoms with Crippen LogP contribution in [-0.2, 0) is 17.2 Å². The van der Waals surface area contributed by atoms with Crippen LogP contribution in [0, 0.1) is 6.92 Å². The lowest BCUT2D eigenvalue weighted by Gasteiger charge is -2.16. The summed E-state index contributed by atoms with van der Waals surface area (Å²) >= 11 is 4.51. The smallest absolute Gasteiger partial charge is 0.212 e. The molecule has 4 rings (SSSR count). The lowest BCUT2D eigenvalue weighted by molar-refractivity contribution is -0.644. The van der Waals surface area contributed by atoms with Gasteiger partial charge in [-0.2, -0.15) is 0 Å². The Kier molecular flexibility index (Phi) is 7.92. The number of rotatable bonds is 4. The molecule has 33 heavy (non-hydrogen) atoms. The van der Waals surface area contributed by atoms with Gasteiger partial charge in [-0.15, -0.1) is 12.6 Å². The average Bonchev–Trinajstić information content (AvgIpc) is 2.79. The van der Waals surface area contributed by atoms with Gasteiger partial charge in [-0.1, -0.05) is 42.0 Å². The molecule has 5 nitrogen and oxygen atoms in total. The molecule has 0 aliphatic heterocycles. The number of pyridine rings is 1. The first-order valence-corrected chi connectivity index (χ1v) is 12.1. The predicted molar refractivity (Wildman–Crippen MR) is 135 cm³/mol. The Morgan fingerprint density at radius 1 is 0.939 bits per heavy atom. The summed E-state index contributed by atoms with van der Waals surface area (Å²) in [7, 11) is -0.163. The maximum atomic E-state index is 10.4. The summed E-state index contributed by atoms with van der Waals surface area (Å²) < 4.78 is 33.3. The van der Waals surface area contributed by atoms with Crippen LogP contribution in [0.3, 0.4) is 0 Å². The van der Waals surface area contributed by atoms with Gasteiger partial charge in [-0.3, -0.25) is 0 Å². The molecule has 170 valence electrons. The van der Waals surface area contributed by atoms with Crippen molar-refractivity contribution >= 4 is 45.4 Å². The molecule has 0 atom stereocenters. The first-order valence-electron chi connectivity index (χ1n) is 10.3. The van der Waals surface area contributed by atoms with Crippen LogP contribution in [-0.4, -0.2) is 20.0 Å². The highest BCUT2D eigenvalue weighted by atomic mass is 32.2. The Hall–Kier alpha value is -3.13. The molecule has 0 radical (unpaired) electrons. The van der Waals surface area contributed by atoms with Gasteiger partial charge in [0.2, 0.25) is 5.52 Å². The highest BCUT2D eigenvalue weighted by Gasteiger charge is 2.07. The Bertz CT molecular complexity index is 1380. The number of thiol groups is 1. The molecule has 1 aromatic heterocycles. The van der Waals surface area contributed by atoms with Crippen molar-refractivity contribution in [3.05, 3.63) is 102 Å². The molecule has 0 N–H and O–H groups in total. The van der Waals surface area contributed by atoms with Crippen molar-refractivity contribution in [3.63, 3.8) is 0 Å². The van der Waals surface area contributed by atoms with E-state index in [1.165, 1.54) is 28.6 Å². The van der Waals surface area contributed by atoms with E-state index in [4.69, 9.17) is 0 Å². The zero-order valence-corrected chi connectivity index (χ0v) is 20.4. The fourth-order valence-corrected chi connectivity index (χ4v) is 4.06. The summed E-state index contributed by atoms with van der Waals surface area (Å²) in [6, 6.07) is 24.4. The number of nitrogens with zero attached hydrogens (tertiary/aromatic N) is 2. The molecule has 1 heterocycles. The van der Waals surface area contributed by atoms with Crippen molar-refractivity contribution in [2.24, 2.45) is 7.05 Å². The van der Waals surface area contributed by atoms with Crippen molar-refractivity contribution in [1.29, 1.82) is 0 Å². The number of aryl methyl sites for hydroxylation is 2. The van der Waals surface area contributed by atoms with Crippen LogP contribution in [0.25, 0.3) is 17.0 Å². The second kappa shape index (κ2) is 10.7. The van der Waals surface area contributed by atoms with E-state index in [0.29, 0.717) is 0 Å². The van der Waals surface area contributed by atoms with Crippen LogP contribution in [0.15, 0.2) is 101 Å². The standard InChI is InChI=1S/C19H18N2S.C7H8O3S/c1-20-13-11-15(16-7-3-4-8-17(16)20)12-14-21(2)18-9-5-6-10-19(18)22;1-6-2-4-7(5-3-6)11(8,9)10/h3-14H,1-2H3;2-5H,1H3,(H,8,9,10). The monoisotopic (exact) mass is 478 g/mol. The van der Waals surface area contributed by atoms with Gasteiger partial charge < -0.3 is 9.45 Å². The van der Waals surface area contributed by atoms with Crippen molar-refractivity contribution in [2.45, 2.75) is 16.7 Å². The topological polar surface area (TPSA) is 64.3 Å². The van der Waals surface area contributed by atoms with Gasteiger partial charge >= 0.3 is 0 Å². The number of hydrogen-bond donors (Lipinski definition) is 1. The number of para-hydroxylation sites is 2. The largest absolute Gasteiger partial charge is 0.744 e. The maximum absolute atomic E-state index is 10.4. The molecule has 0 saturated carbocycles. The molecular weight excluding hydrogens is 452 g/mol. The molecule has 0 unspecified atom stereocenters. The number of fused-ring (bicyclic) bond motifs is 1. The van der Waals surface area contributed by atoms with Gasteiger partial charge in [0.1, 0.15) is 17.2 Å². The molecule has 3 aromatic carbocycles. The van der Waals surface area contributed by atoms with E-state index in [2.05, 4.69) is 84.0 Å². The summed E-state index contributed by atoms with van der Waals surface area (Å²) in [6.07, 6.45) is 6.31. The Morgan fingerprint density at radius 3 is 2.24 bits per heavy atom. The summed E-state index contributed by atoms with van der Waals surface area (Å²) in [4.78, 5) is 2.88. The fourth-order valence-electron chi connectivity index (χ4n) is 3.27. The molecule has 0 aliphatic rings. The fraction of sp³-hybridized carbons (Fsp3) is 0.115. The lowest BCUT2D eigenvalue weighted by atomic mass is 10.1. The number of anilines is 1. The molecule has 0 bridgehead atoms. The lowest BCUT2D eigenvalue weighted by Crippen LogP contribution is -2.28. The summed E-state index contributed by atoms with van der Waals surface area (Å²) in [6.45, 7) is 1.82. The summed E-state index contributed by atoms with van der Waals surface area (Å²) in [5.74, 6) is 0. The van der Waals surface area contributed by atoms with E-state index in [1.54, 1.807) is 12.1 Å². The molecule has 7 heteroatoms. The minimum absolute atomic E-state index is 0.178. The Morgan fingerprint density at radius 2 is 1.58 bits per heavy atom. The Labute approximate surface area is 200 Å². The van der Waals surface area contributed by atoms with Gasteiger partial charge in [0.15, 0.2) is 6.20 Å². The van der Waals surface area contributed by atoms with E-state index in [-0.39, 0.29) is 4.90 Å².